The summed E-state index contributed by atoms with van der Waals surface area (Å²) in [6, 6.07) is 2.30. The molecule has 0 spiro atoms. The van der Waals surface area contributed by atoms with Crippen molar-refractivity contribution in [3.05, 3.63) is 38.6 Å². The molecule has 0 aliphatic heterocycles. The van der Waals surface area contributed by atoms with Crippen LogP contribution in [0.1, 0.15) is 0 Å². The van der Waals surface area contributed by atoms with Gasteiger partial charge in [0.25, 0.3) is 0 Å². The van der Waals surface area contributed by atoms with Gasteiger partial charge in [0, 0.05) is 6.07 Å². The quantitative estimate of drug-likeness (QED) is 0.379. The number of hydrogen-bond acceptors (Lipinski definition) is 7. The predicted octanol–water partition coefficient (Wildman–Crippen LogP) is -0.283. The third-order valence-electron chi connectivity index (χ3n) is 1.14. The molecule has 0 amide bonds. The van der Waals surface area contributed by atoms with Gasteiger partial charge in [0.15, 0.2) is 0 Å². The number of nitrogens with zero attached hydrogens (tertiary/aromatic N) is 3. The first-order valence-corrected chi connectivity index (χ1v) is 3.20. The topological polar surface area (TPSA) is 151 Å². The first-order chi connectivity index (χ1) is 6.63. The van der Waals surface area contributed by atoms with Crippen molar-refractivity contribution in [1.82, 2.24) is 4.98 Å². The number of aromatic nitrogens is 1. The highest BCUT2D eigenvalue weighted by molar-refractivity contribution is 5.45. The van der Waals surface area contributed by atoms with E-state index in [9.17, 15) is 20.2 Å². The average Bonchev–Trinajstić information content (AvgIpc) is 2.20. The molecule has 1 aromatic rings. The van der Waals surface area contributed by atoms with Crippen molar-refractivity contribution in [3.63, 3.8) is 0 Å². The molecule has 0 radical (unpaired) electrons. The molecule has 0 bridgehead atoms. The number of pyridine rings is 1. The highest BCUT2D eigenvalue weighted by Crippen LogP contribution is 2.21. The van der Waals surface area contributed by atoms with Crippen molar-refractivity contribution < 1.29 is 9.85 Å². The average molecular weight is 201 g/mol. The Labute approximate surface area is 77.6 Å². The summed E-state index contributed by atoms with van der Waals surface area (Å²) in [5, 5.41) is 20.4. The summed E-state index contributed by atoms with van der Waals surface area (Å²) in [7, 11) is 0. The highest BCUT2D eigenvalue weighted by atomic mass is 16.6. The second-order valence-corrected chi connectivity index (χ2v) is 1.86. The van der Waals surface area contributed by atoms with Gasteiger partial charge in [-0.15, -0.1) is 0 Å². The van der Waals surface area contributed by atoms with E-state index in [0.29, 0.717) is 0 Å². The summed E-state index contributed by atoms with van der Waals surface area (Å²) in [6.07, 6.45) is 1.13. The summed E-state index contributed by atoms with van der Waals surface area (Å²) in [4.78, 5) is 21.9. The number of nitro groups is 2. The lowest BCUT2D eigenvalue weighted by atomic mass is 10.4. The van der Waals surface area contributed by atoms with E-state index in [1.165, 1.54) is 6.07 Å². The summed E-state index contributed by atoms with van der Waals surface area (Å²) < 4.78 is 0. The molecule has 0 atom stereocenters. The summed E-state index contributed by atoms with van der Waals surface area (Å²) in [5.74, 6) is 7.27. The molecule has 0 aromatic carbocycles. The van der Waals surface area contributed by atoms with E-state index >= 15 is 0 Å². The molecule has 4 N–H and O–H groups in total. The lowest BCUT2D eigenvalue weighted by Crippen LogP contribution is -2.02. The van der Waals surface area contributed by atoms with E-state index in [-0.39, 0.29) is 0 Å². The molecular weight excluding hydrogens is 194 g/mol. The summed E-state index contributed by atoms with van der Waals surface area (Å²) >= 11 is 0. The maximum atomic E-state index is 10.2. The lowest BCUT2D eigenvalue weighted by Gasteiger charge is -1.91. The normalized spacial score (nSPS) is 8.43. The van der Waals surface area contributed by atoms with Gasteiger partial charge in [0.05, 0.1) is 4.92 Å². The molecule has 0 aliphatic rings. The van der Waals surface area contributed by atoms with Crippen LogP contribution in [0, 0.1) is 20.2 Å². The van der Waals surface area contributed by atoms with Gasteiger partial charge in [-0.3, -0.25) is 21.8 Å². The van der Waals surface area contributed by atoms with Gasteiger partial charge in [0.2, 0.25) is 0 Å². The van der Waals surface area contributed by atoms with Crippen molar-refractivity contribution in [2.75, 3.05) is 0 Å². The maximum absolute atomic E-state index is 10.2. The van der Waals surface area contributed by atoms with Crippen LogP contribution < -0.4 is 11.7 Å². The van der Waals surface area contributed by atoms with E-state index in [0.717, 1.165) is 12.3 Å². The Morgan fingerprint density at radius 3 is 2.14 bits per heavy atom. The second kappa shape index (κ2) is 5.50. The van der Waals surface area contributed by atoms with Gasteiger partial charge in [-0.1, -0.05) is 0 Å². The molecule has 9 nitrogen and oxygen atoms in total. The fourth-order valence-corrected chi connectivity index (χ4v) is 0.672. The third kappa shape index (κ3) is 2.73. The molecule has 9 heteroatoms. The minimum Gasteiger partial charge on any atom is -0.358 e. The Morgan fingerprint density at radius 1 is 1.21 bits per heavy atom. The first kappa shape index (κ1) is 11.9. The molecule has 76 valence electrons. The first-order valence-electron chi connectivity index (χ1n) is 3.20. The molecule has 0 saturated carbocycles. The number of hydrogen-bond donors (Lipinski definition) is 2. The Bertz CT molecular complexity index is 308. The third-order valence-corrected chi connectivity index (χ3v) is 1.14. The molecule has 0 unspecified atom stereocenters. The molecular formula is C5H7N5O4. The lowest BCUT2D eigenvalue weighted by molar-refractivity contribution is -0.425. The highest BCUT2D eigenvalue weighted by Gasteiger charge is 2.23. The minimum absolute atomic E-state index is 0.595. The SMILES string of the molecule is NN.O=[N+]([O-])c1cccnc1[N+](=O)[O-]. The zero-order valence-corrected chi connectivity index (χ0v) is 6.86. The van der Waals surface area contributed by atoms with Crippen molar-refractivity contribution in [2.45, 2.75) is 0 Å². The fraction of sp³-hybridized carbons (Fsp3) is 0. The molecule has 14 heavy (non-hydrogen) atoms. The molecule has 0 aliphatic carbocycles. The molecule has 1 aromatic heterocycles. The van der Waals surface area contributed by atoms with Gasteiger partial charge < -0.3 is 10.1 Å². The van der Waals surface area contributed by atoms with Gasteiger partial charge in [0.1, 0.15) is 6.20 Å². The van der Waals surface area contributed by atoms with Crippen LogP contribution in [0.2, 0.25) is 0 Å². The van der Waals surface area contributed by atoms with Crippen LogP contribution in [0.15, 0.2) is 18.3 Å². The van der Waals surface area contributed by atoms with Crippen molar-refractivity contribution in [1.29, 1.82) is 0 Å². The Balaban J connectivity index is 0.000000791. The Hall–Kier alpha value is -2.13. The molecule has 1 heterocycles. The Morgan fingerprint density at radius 2 is 1.79 bits per heavy atom. The van der Waals surface area contributed by atoms with Crippen LogP contribution >= 0.6 is 0 Å². The van der Waals surface area contributed by atoms with Crippen LogP contribution in [-0.4, -0.2) is 14.8 Å². The van der Waals surface area contributed by atoms with E-state index in [4.69, 9.17) is 0 Å². The van der Waals surface area contributed by atoms with Crippen LogP contribution in [0.5, 0.6) is 0 Å². The monoisotopic (exact) mass is 201 g/mol. The van der Waals surface area contributed by atoms with Gasteiger partial charge in [-0.05, 0) is 16.0 Å². The van der Waals surface area contributed by atoms with Gasteiger partial charge >= 0.3 is 11.5 Å². The van der Waals surface area contributed by atoms with Crippen molar-refractivity contribution >= 4 is 11.5 Å². The minimum atomic E-state index is -0.891. The number of hydrazine groups is 1. The Kier molecular flexibility index (Phi) is 4.67. The molecule has 0 fully saturated rings. The second-order valence-electron chi connectivity index (χ2n) is 1.86. The van der Waals surface area contributed by atoms with Gasteiger partial charge in [-0.2, -0.15) is 0 Å². The van der Waals surface area contributed by atoms with E-state index < -0.39 is 21.4 Å². The fourth-order valence-electron chi connectivity index (χ4n) is 0.672. The summed E-state index contributed by atoms with van der Waals surface area (Å²) in [5.41, 5.74) is -0.595. The standard InChI is InChI=1S/C5H3N3O4.H4N2/c9-7(10)4-2-1-3-6-5(4)8(11)12;1-2/h1-3H;1-2H2. The number of rotatable bonds is 2. The zero-order chi connectivity index (χ0) is 11.1. The smallest absolute Gasteiger partial charge is 0.358 e. The van der Waals surface area contributed by atoms with Crippen LogP contribution in [0.3, 0.4) is 0 Å². The summed E-state index contributed by atoms with van der Waals surface area (Å²) in [6.45, 7) is 0. The maximum Gasteiger partial charge on any atom is 0.442 e. The van der Waals surface area contributed by atoms with E-state index in [1.54, 1.807) is 0 Å². The zero-order valence-electron chi connectivity index (χ0n) is 6.86. The predicted molar refractivity (Wildman–Crippen MR) is 45.9 cm³/mol. The van der Waals surface area contributed by atoms with Crippen molar-refractivity contribution in [3.8, 4) is 0 Å². The van der Waals surface area contributed by atoms with Crippen LogP contribution in [0.25, 0.3) is 0 Å². The van der Waals surface area contributed by atoms with Crippen molar-refractivity contribution in [2.24, 2.45) is 11.7 Å². The van der Waals surface area contributed by atoms with Crippen LogP contribution in [0.4, 0.5) is 11.5 Å². The van der Waals surface area contributed by atoms with Crippen LogP contribution in [-0.2, 0) is 0 Å². The molecule has 0 saturated heterocycles. The molecule has 1 rings (SSSR count). The van der Waals surface area contributed by atoms with E-state index in [1.807, 2.05) is 0 Å². The largest absolute Gasteiger partial charge is 0.442 e. The van der Waals surface area contributed by atoms with E-state index in [2.05, 4.69) is 16.7 Å². The number of nitrogens with two attached hydrogens (primary N) is 2. The van der Waals surface area contributed by atoms with Gasteiger partial charge in [-0.25, -0.2) is 0 Å².